The summed E-state index contributed by atoms with van der Waals surface area (Å²) in [5, 5.41) is 2.76. The van der Waals surface area contributed by atoms with Crippen LogP contribution in [-0.2, 0) is 26.2 Å². The molecule has 0 atom stereocenters. The molecule has 0 radical (unpaired) electrons. The zero-order valence-corrected chi connectivity index (χ0v) is 12.3. The second-order valence-corrected chi connectivity index (χ2v) is 3.11. The van der Waals surface area contributed by atoms with E-state index >= 15 is 0 Å². The first-order valence-electron chi connectivity index (χ1n) is 3.90. The van der Waals surface area contributed by atoms with E-state index in [1.54, 1.807) is 0 Å². The Hall–Kier alpha value is 0.293. The van der Waals surface area contributed by atoms with Gasteiger partial charge in [0.05, 0.1) is 0 Å². The molecule has 0 aromatic heterocycles. The zero-order chi connectivity index (χ0) is 7.84. The summed E-state index contributed by atoms with van der Waals surface area (Å²) in [5.41, 5.74) is 2.73. The van der Waals surface area contributed by atoms with E-state index in [-0.39, 0.29) is 51.0 Å². The number of fused-ring (bicyclic) bond motifs is 1. The maximum atomic E-state index is 2.24. The maximum Gasteiger partial charge on any atom is 0 e. The van der Waals surface area contributed by atoms with E-state index in [9.17, 15) is 0 Å². The molecular weight excluding hydrogens is 294 g/mol. The first kappa shape index (κ1) is 16.7. The zero-order valence-electron chi connectivity index (χ0n) is 8.20. The molecule has 0 bridgehead atoms. The van der Waals surface area contributed by atoms with Gasteiger partial charge in [0.2, 0.25) is 0 Å². The molecule has 2 rings (SSSR count). The Labute approximate surface area is 116 Å². The van der Waals surface area contributed by atoms with E-state index in [1.165, 1.54) is 21.9 Å². The fourth-order valence-corrected chi connectivity index (χ4v) is 1.54. The molecule has 2 aromatic carbocycles. The van der Waals surface area contributed by atoms with Crippen molar-refractivity contribution in [2.75, 3.05) is 0 Å². The molecule has 0 unspecified atom stereocenters. The number of hydrogen-bond donors (Lipinski definition) is 0. The van der Waals surface area contributed by atoms with Gasteiger partial charge in [0.25, 0.3) is 0 Å². The quantitative estimate of drug-likeness (QED) is 0.645. The third-order valence-corrected chi connectivity index (χ3v) is 2.11. The van der Waals surface area contributed by atoms with Gasteiger partial charge in [0, 0.05) is 26.2 Å². The predicted octanol–water partition coefficient (Wildman–Crippen LogP) is 4.02. The maximum absolute atomic E-state index is 2.24. The third kappa shape index (κ3) is 3.15. The summed E-state index contributed by atoms with van der Waals surface area (Å²) < 4.78 is 0. The molecule has 0 aliphatic rings. The number of rotatable bonds is 0. The second kappa shape index (κ2) is 6.72. The molecule has 0 fully saturated rings. The summed E-state index contributed by atoms with van der Waals surface area (Å²) in [6.07, 6.45) is 0. The molecule has 0 saturated carbocycles. The molecule has 0 aliphatic heterocycles. The third-order valence-electron chi connectivity index (χ3n) is 2.11. The van der Waals surface area contributed by atoms with Crippen LogP contribution in [0.5, 0.6) is 0 Å². The van der Waals surface area contributed by atoms with Gasteiger partial charge in [-0.3, -0.25) is 0 Å². The molecule has 2 aromatic rings. The SMILES string of the molecule is Cc1cc2c(C)cccc2[cH-]1.Cl.Cl.[Zr]. The van der Waals surface area contributed by atoms with E-state index in [0.29, 0.717) is 0 Å². The van der Waals surface area contributed by atoms with Gasteiger partial charge in [-0.15, -0.1) is 59.3 Å². The van der Waals surface area contributed by atoms with Crippen LogP contribution in [0.15, 0.2) is 30.3 Å². The number of aryl methyl sites for hydroxylation is 2. The average Bonchev–Trinajstić information content (AvgIpc) is 2.31. The van der Waals surface area contributed by atoms with E-state index in [4.69, 9.17) is 0 Å². The standard InChI is InChI=1S/C11H11.2ClH.Zr/c1-8-6-10-5-3-4-9(2)11(10)7-8;;;/h3-7H,1-2H3;2*1H;/q-1;;;. The van der Waals surface area contributed by atoms with Crippen molar-refractivity contribution in [3.8, 4) is 0 Å². The summed E-state index contributed by atoms with van der Waals surface area (Å²) in [6.45, 7) is 4.29. The minimum absolute atomic E-state index is 0. The molecule has 0 nitrogen and oxygen atoms in total. The second-order valence-electron chi connectivity index (χ2n) is 3.11. The van der Waals surface area contributed by atoms with Crippen LogP contribution in [0.1, 0.15) is 11.1 Å². The van der Waals surface area contributed by atoms with Gasteiger partial charge in [-0.25, -0.2) is 0 Å². The molecule has 0 aliphatic carbocycles. The van der Waals surface area contributed by atoms with Gasteiger partial charge in [-0.2, -0.15) is 6.07 Å². The largest absolute Gasteiger partial charge is 0.165 e. The van der Waals surface area contributed by atoms with Crippen LogP contribution in [0.2, 0.25) is 0 Å². The van der Waals surface area contributed by atoms with Gasteiger partial charge < -0.3 is 0 Å². The first-order chi connectivity index (χ1) is 5.27. The molecule has 0 saturated heterocycles. The Morgan fingerprint density at radius 3 is 2.29 bits per heavy atom. The molecule has 0 N–H and O–H groups in total. The van der Waals surface area contributed by atoms with Crippen LogP contribution >= 0.6 is 24.8 Å². The Bertz CT molecular complexity index is 393. The first-order valence-corrected chi connectivity index (χ1v) is 3.90. The molecular formula is C11H13Cl2Zr-. The predicted molar refractivity (Wildman–Crippen MR) is 63.5 cm³/mol. The van der Waals surface area contributed by atoms with Crippen LogP contribution in [0.4, 0.5) is 0 Å². The molecule has 0 spiro atoms. The van der Waals surface area contributed by atoms with Crippen molar-refractivity contribution in [3.63, 3.8) is 0 Å². The van der Waals surface area contributed by atoms with Gasteiger partial charge in [0.15, 0.2) is 0 Å². The van der Waals surface area contributed by atoms with Crippen molar-refractivity contribution in [2.45, 2.75) is 13.8 Å². The van der Waals surface area contributed by atoms with Gasteiger partial charge in [0.1, 0.15) is 0 Å². The number of hydrogen-bond acceptors (Lipinski definition) is 0. The average molecular weight is 307 g/mol. The van der Waals surface area contributed by atoms with Gasteiger partial charge in [-0.05, 0) is 6.92 Å². The van der Waals surface area contributed by atoms with Crippen molar-refractivity contribution in [1.29, 1.82) is 0 Å². The summed E-state index contributed by atoms with van der Waals surface area (Å²) in [7, 11) is 0. The topological polar surface area (TPSA) is 0 Å². The van der Waals surface area contributed by atoms with Crippen LogP contribution < -0.4 is 0 Å². The van der Waals surface area contributed by atoms with Crippen molar-refractivity contribution < 1.29 is 26.2 Å². The molecule has 14 heavy (non-hydrogen) atoms. The summed E-state index contributed by atoms with van der Waals surface area (Å²) in [6, 6.07) is 10.9. The van der Waals surface area contributed by atoms with Crippen LogP contribution in [-0.4, -0.2) is 0 Å². The Morgan fingerprint density at radius 2 is 1.71 bits per heavy atom. The fourth-order valence-electron chi connectivity index (χ4n) is 1.54. The van der Waals surface area contributed by atoms with E-state index in [1.807, 2.05) is 0 Å². The Balaban J connectivity index is 0. The monoisotopic (exact) mass is 305 g/mol. The summed E-state index contributed by atoms with van der Waals surface area (Å²) in [5.74, 6) is 0. The smallest absolute Gasteiger partial charge is 0 e. The van der Waals surface area contributed by atoms with E-state index in [2.05, 4.69) is 44.2 Å². The van der Waals surface area contributed by atoms with Gasteiger partial charge >= 0.3 is 0 Å². The molecule has 0 heterocycles. The Kier molecular flexibility index (Phi) is 8.02. The number of halogens is 2. The van der Waals surface area contributed by atoms with Gasteiger partial charge in [-0.1, -0.05) is 18.6 Å². The molecule has 3 heteroatoms. The van der Waals surface area contributed by atoms with Crippen molar-refractivity contribution in [1.82, 2.24) is 0 Å². The van der Waals surface area contributed by atoms with Crippen LogP contribution in [0.25, 0.3) is 10.8 Å². The van der Waals surface area contributed by atoms with Crippen LogP contribution in [0.3, 0.4) is 0 Å². The fraction of sp³-hybridized carbons (Fsp3) is 0.182. The molecule has 76 valence electrons. The van der Waals surface area contributed by atoms with E-state index < -0.39 is 0 Å². The van der Waals surface area contributed by atoms with Crippen molar-refractivity contribution in [2.24, 2.45) is 0 Å². The van der Waals surface area contributed by atoms with Crippen molar-refractivity contribution >= 4 is 35.6 Å². The normalized spacial score (nSPS) is 8.43. The minimum Gasteiger partial charge on any atom is -0.165 e. The van der Waals surface area contributed by atoms with Crippen LogP contribution in [0, 0.1) is 13.8 Å². The van der Waals surface area contributed by atoms with E-state index in [0.717, 1.165) is 0 Å². The summed E-state index contributed by atoms with van der Waals surface area (Å²) in [4.78, 5) is 0. The minimum atomic E-state index is 0. The molecule has 0 amide bonds. The summed E-state index contributed by atoms with van der Waals surface area (Å²) >= 11 is 0. The Morgan fingerprint density at radius 1 is 1.07 bits per heavy atom. The number of benzene rings is 1. The van der Waals surface area contributed by atoms with Crippen molar-refractivity contribution in [3.05, 3.63) is 41.5 Å².